The molecular weight excluding hydrogens is 482 g/mol. The second kappa shape index (κ2) is 11.9. The Balaban J connectivity index is 1.41. The molecular formula is C30H39N3O3S. The van der Waals surface area contributed by atoms with E-state index in [2.05, 4.69) is 22.5 Å². The van der Waals surface area contributed by atoms with Gasteiger partial charge >= 0.3 is 5.97 Å². The van der Waals surface area contributed by atoms with Crippen molar-refractivity contribution >= 4 is 34.1 Å². The Labute approximate surface area is 223 Å². The lowest BCUT2D eigenvalue weighted by Crippen LogP contribution is -2.23. The first-order chi connectivity index (χ1) is 18.0. The summed E-state index contributed by atoms with van der Waals surface area (Å²) in [6.45, 7) is 2.35. The Morgan fingerprint density at radius 1 is 1.08 bits per heavy atom. The van der Waals surface area contributed by atoms with Gasteiger partial charge in [0, 0.05) is 41.9 Å². The Kier molecular flexibility index (Phi) is 8.38. The minimum Gasteiger partial charge on any atom is -0.481 e. The highest BCUT2D eigenvalue weighted by Crippen LogP contribution is 2.38. The zero-order chi connectivity index (χ0) is 25.8. The van der Waals surface area contributed by atoms with E-state index in [0.29, 0.717) is 29.9 Å². The number of rotatable bonds is 10. The van der Waals surface area contributed by atoms with E-state index in [1.165, 1.54) is 43.4 Å². The standard InChI is InChI=1S/C30H39N3O3S/c1-20-7-5-6-10-26(20)33-27-12-11-23(16-25(27)32-29(33)17-24-18-31-19-37-24)28(34)14-22(15-30(35)36)13-21-8-3-2-4-9-21/h11-12,16,18-22,26H,2-10,13-15,17H2,1H3,(H,35,36)/t20-,22?,26-/m1/s1. The largest absolute Gasteiger partial charge is 0.481 e. The summed E-state index contributed by atoms with van der Waals surface area (Å²) in [6, 6.07) is 6.36. The van der Waals surface area contributed by atoms with Crippen molar-refractivity contribution < 1.29 is 14.7 Å². The molecule has 0 saturated heterocycles. The van der Waals surface area contributed by atoms with Crippen LogP contribution in [0.2, 0.25) is 0 Å². The number of carbonyl (C=O) groups excluding carboxylic acids is 1. The van der Waals surface area contributed by atoms with Crippen molar-refractivity contribution in [2.75, 3.05) is 0 Å². The molecule has 2 aliphatic carbocycles. The molecule has 0 amide bonds. The molecule has 3 atom stereocenters. The molecule has 2 aromatic heterocycles. The third-order valence-electron chi connectivity index (χ3n) is 8.63. The number of imidazole rings is 1. The molecule has 0 aliphatic heterocycles. The summed E-state index contributed by atoms with van der Waals surface area (Å²) in [6.07, 6.45) is 14.8. The molecule has 2 aliphatic rings. The first-order valence-corrected chi connectivity index (χ1v) is 15.0. The monoisotopic (exact) mass is 521 g/mol. The van der Waals surface area contributed by atoms with Gasteiger partial charge in [-0.25, -0.2) is 4.98 Å². The predicted molar refractivity (Wildman–Crippen MR) is 147 cm³/mol. The zero-order valence-corrected chi connectivity index (χ0v) is 22.7. The van der Waals surface area contributed by atoms with Crippen LogP contribution in [0.25, 0.3) is 11.0 Å². The highest BCUT2D eigenvalue weighted by molar-refractivity contribution is 7.09. The number of nitrogens with zero attached hydrogens (tertiary/aromatic N) is 3. The van der Waals surface area contributed by atoms with Crippen LogP contribution in [-0.4, -0.2) is 31.4 Å². The van der Waals surface area contributed by atoms with Crippen molar-refractivity contribution in [2.24, 2.45) is 17.8 Å². The fraction of sp³-hybridized carbons (Fsp3) is 0.600. The van der Waals surface area contributed by atoms with Crippen LogP contribution >= 0.6 is 11.3 Å². The topological polar surface area (TPSA) is 85.1 Å². The van der Waals surface area contributed by atoms with Crippen LogP contribution in [0.4, 0.5) is 0 Å². The predicted octanol–water partition coefficient (Wildman–Crippen LogP) is 7.47. The number of fused-ring (bicyclic) bond motifs is 1. The lowest BCUT2D eigenvalue weighted by molar-refractivity contribution is -0.138. The van der Waals surface area contributed by atoms with Crippen LogP contribution < -0.4 is 0 Å². The Morgan fingerprint density at radius 3 is 2.59 bits per heavy atom. The number of benzene rings is 1. The van der Waals surface area contributed by atoms with Gasteiger partial charge < -0.3 is 9.67 Å². The van der Waals surface area contributed by atoms with Gasteiger partial charge in [-0.1, -0.05) is 51.9 Å². The fourth-order valence-electron chi connectivity index (χ4n) is 6.74. The average molecular weight is 522 g/mol. The quantitative estimate of drug-likeness (QED) is 0.280. The van der Waals surface area contributed by atoms with E-state index >= 15 is 0 Å². The summed E-state index contributed by atoms with van der Waals surface area (Å²) < 4.78 is 2.43. The molecule has 7 heteroatoms. The normalized spacial score (nSPS) is 21.8. The molecule has 0 radical (unpaired) electrons. The zero-order valence-electron chi connectivity index (χ0n) is 21.9. The van der Waals surface area contributed by atoms with E-state index in [1.54, 1.807) is 11.3 Å². The first-order valence-electron chi connectivity index (χ1n) is 14.1. The summed E-state index contributed by atoms with van der Waals surface area (Å²) >= 11 is 1.65. The van der Waals surface area contributed by atoms with E-state index in [-0.39, 0.29) is 18.1 Å². The number of carboxylic acid groups (broad SMARTS) is 1. The molecule has 0 spiro atoms. The molecule has 5 rings (SSSR count). The highest BCUT2D eigenvalue weighted by atomic mass is 32.1. The van der Waals surface area contributed by atoms with E-state index in [9.17, 15) is 14.7 Å². The number of ketones is 1. The van der Waals surface area contributed by atoms with Gasteiger partial charge in [-0.15, -0.1) is 11.3 Å². The van der Waals surface area contributed by atoms with E-state index in [0.717, 1.165) is 49.0 Å². The Bertz CT molecular complexity index is 1210. The number of Topliss-reactive ketones (excluding diaryl/α,β-unsaturated/α-hetero) is 1. The van der Waals surface area contributed by atoms with Gasteiger partial charge in [0.2, 0.25) is 0 Å². The number of aliphatic carboxylic acids is 1. The summed E-state index contributed by atoms with van der Waals surface area (Å²) in [7, 11) is 0. The number of thiazole rings is 1. The van der Waals surface area contributed by atoms with E-state index in [4.69, 9.17) is 4.98 Å². The molecule has 0 bridgehead atoms. The molecule has 37 heavy (non-hydrogen) atoms. The van der Waals surface area contributed by atoms with Crippen molar-refractivity contribution in [3.8, 4) is 0 Å². The van der Waals surface area contributed by atoms with Gasteiger partial charge in [0.15, 0.2) is 5.78 Å². The maximum atomic E-state index is 13.4. The number of hydrogen-bond acceptors (Lipinski definition) is 5. The Hall–Kier alpha value is -2.54. The molecule has 6 nitrogen and oxygen atoms in total. The maximum Gasteiger partial charge on any atom is 0.303 e. The smallest absolute Gasteiger partial charge is 0.303 e. The summed E-state index contributed by atoms with van der Waals surface area (Å²) in [5.74, 6) is 1.31. The van der Waals surface area contributed by atoms with Crippen LogP contribution in [0.15, 0.2) is 29.9 Å². The van der Waals surface area contributed by atoms with Gasteiger partial charge in [-0.05, 0) is 55.2 Å². The average Bonchev–Trinajstić information content (AvgIpc) is 3.52. The van der Waals surface area contributed by atoms with Crippen LogP contribution in [0.3, 0.4) is 0 Å². The van der Waals surface area contributed by atoms with Crippen molar-refractivity contribution in [3.63, 3.8) is 0 Å². The number of aromatic nitrogens is 3. The molecule has 2 saturated carbocycles. The molecule has 1 aromatic carbocycles. The van der Waals surface area contributed by atoms with Gasteiger partial charge in [-0.2, -0.15) is 0 Å². The van der Waals surface area contributed by atoms with Crippen molar-refractivity contribution in [2.45, 2.75) is 96.4 Å². The number of carboxylic acids is 1. The highest BCUT2D eigenvalue weighted by Gasteiger charge is 2.28. The molecule has 2 fully saturated rings. The lowest BCUT2D eigenvalue weighted by atomic mass is 9.80. The molecule has 1 unspecified atom stereocenters. The maximum absolute atomic E-state index is 13.4. The third kappa shape index (κ3) is 6.31. The summed E-state index contributed by atoms with van der Waals surface area (Å²) in [4.78, 5) is 35.5. The molecule has 1 N–H and O–H groups in total. The second-order valence-electron chi connectivity index (χ2n) is 11.4. The van der Waals surface area contributed by atoms with Crippen molar-refractivity contribution in [1.82, 2.24) is 14.5 Å². The van der Waals surface area contributed by atoms with Crippen LogP contribution in [-0.2, 0) is 11.2 Å². The van der Waals surface area contributed by atoms with Crippen LogP contribution in [0.5, 0.6) is 0 Å². The van der Waals surface area contributed by atoms with Crippen molar-refractivity contribution in [3.05, 3.63) is 46.2 Å². The van der Waals surface area contributed by atoms with Crippen molar-refractivity contribution in [1.29, 1.82) is 0 Å². The number of hydrogen-bond donors (Lipinski definition) is 1. The SMILES string of the molecule is C[C@@H]1CCCC[C@H]1n1c(Cc2cncs2)nc2cc(C(=O)CC(CC(=O)O)CC3CCCCC3)ccc21. The molecule has 3 aromatic rings. The summed E-state index contributed by atoms with van der Waals surface area (Å²) in [5.41, 5.74) is 4.48. The summed E-state index contributed by atoms with van der Waals surface area (Å²) in [5, 5.41) is 9.49. The van der Waals surface area contributed by atoms with Gasteiger partial charge in [0.1, 0.15) is 5.82 Å². The van der Waals surface area contributed by atoms with Crippen LogP contribution in [0.1, 0.15) is 111 Å². The molecule has 198 valence electrons. The lowest BCUT2D eigenvalue weighted by Gasteiger charge is -2.31. The van der Waals surface area contributed by atoms with Crippen LogP contribution in [0, 0.1) is 17.8 Å². The Morgan fingerprint density at radius 2 is 1.86 bits per heavy atom. The van der Waals surface area contributed by atoms with Gasteiger partial charge in [-0.3, -0.25) is 14.6 Å². The molecule has 2 heterocycles. The second-order valence-corrected chi connectivity index (χ2v) is 12.4. The van der Waals surface area contributed by atoms with Gasteiger partial charge in [0.25, 0.3) is 0 Å². The fourth-order valence-corrected chi connectivity index (χ4v) is 7.33. The first kappa shape index (κ1) is 26.1. The third-order valence-corrected chi connectivity index (χ3v) is 9.41. The minimum atomic E-state index is -0.808. The van der Waals surface area contributed by atoms with E-state index < -0.39 is 5.97 Å². The number of carbonyl (C=O) groups is 2. The minimum absolute atomic E-state index is 0.0357. The van der Waals surface area contributed by atoms with E-state index in [1.807, 2.05) is 23.8 Å². The van der Waals surface area contributed by atoms with Gasteiger partial charge in [0.05, 0.1) is 16.5 Å².